The molecule has 19 heavy (non-hydrogen) atoms. The molecule has 2 rings (SSSR count). The lowest BCUT2D eigenvalue weighted by molar-refractivity contribution is -0.137. The van der Waals surface area contributed by atoms with Crippen molar-refractivity contribution in [2.75, 3.05) is 0 Å². The van der Waals surface area contributed by atoms with E-state index in [1.165, 1.54) is 12.1 Å². The molecule has 1 heterocycles. The standard InChI is InChI=1S/C14H15F3N2/c1-19-7-3-6-13(19)10-18-9-11-4-2-5-12(8-11)14(15,16)17/h2-8,18H,9-10H2,1H3. The lowest BCUT2D eigenvalue weighted by Gasteiger charge is -2.10. The molecule has 0 radical (unpaired) electrons. The first-order valence-electron chi connectivity index (χ1n) is 5.94. The predicted molar refractivity (Wildman–Crippen MR) is 67.4 cm³/mol. The lowest BCUT2D eigenvalue weighted by atomic mass is 10.1. The first kappa shape index (κ1) is 13.7. The zero-order chi connectivity index (χ0) is 13.9. The second-order valence-corrected chi connectivity index (χ2v) is 4.41. The van der Waals surface area contributed by atoms with Crippen LogP contribution in [0.3, 0.4) is 0 Å². The molecule has 0 aliphatic heterocycles. The predicted octanol–water partition coefficient (Wildman–Crippen LogP) is 3.33. The normalized spacial score (nSPS) is 11.8. The largest absolute Gasteiger partial charge is 0.416 e. The Balaban J connectivity index is 1.95. The molecule has 0 saturated carbocycles. The Kier molecular flexibility index (Phi) is 3.95. The third kappa shape index (κ3) is 3.61. The molecule has 0 aliphatic rings. The molecule has 0 atom stereocenters. The summed E-state index contributed by atoms with van der Waals surface area (Å²) in [7, 11) is 1.93. The SMILES string of the molecule is Cn1cccc1CNCc1cccc(C(F)(F)F)c1. The highest BCUT2D eigenvalue weighted by Gasteiger charge is 2.30. The van der Waals surface area contributed by atoms with Gasteiger partial charge in [-0.3, -0.25) is 0 Å². The van der Waals surface area contributed by atoms with Crippen molar-refractivity contribution >= 4 is 0 Å². The van der Waals surface area contributed by atoms with E-state index in [9.17, 15) is 13.2 Å². The van der Waals surface area contributed by atoms with E-state index in [0.717, 1.165) is 11.8 Å². The smallest absolute Gasteiger partial charge is 0.353 e. The lowest BCUT2D eigenvalue weighted by Crippen LogP contribution is -2.15. The minimum absolute atomic E-state index is 0.412. The number of halogens is 3. The van der Waals surface area contributed by atoms with E-state index < -0.39 is 11.7 Å². The van der Waals surface area contributed by atoms with Gasteiger partial charge in [-0.1, -0.05) is 18.2 Å². The van der Waals surface area contributed by atoms with Gasteiger partial charge in [0.05, 0.1) is 5.56 Å². The Morgan fingerprint density at radius 3 is 2.53 bits per heavy atom. The highest BCUT2D eigenvalue weighted by molar-refractivity contribution is 5.25. The number of alkyl halides is 3. The Hall–Kier alpha value is -1.75. The fourth-order valence-corrected chi connectivity index (χ4v) is 1.87. The molecule has 0 amide bonds. The third-order valence-electron chi connectivity index (χ3n) is 2.94. The van der Waals surface area contributed by atoms with Gasteiger partial charge in [-0.15, -0.1) is 0 Å². The highest BCUT2D eigenvalue weighted by Crippen LogP contribution is 2.29. The Bertz CT molecular complexity index is 544. The molecule has 0 unspecified atom stereocenters. The second kappa shape index (κ2) is 5.48. The second-order valence-electron chi connectivity index (χ2n) is 4.41. The summed E-state index contributed by atoms with van der Waals surface area (Å²) in [5.41, 5.74) is 1.11. The van der Waals surface area contributed by atoms with Gasteiger partial charge in [0.15, 0.2) is 0 Å². The van der Waals surface area contributed by atoms with Crippen molar-refractivity contribution in [3.63, 3.8) is 0 Å². The zero-order valence-corrected chi connectivity index (χ0v) is 10.5. The van der Waals surface area contributed by atoms with Gasteiger partial charge < -0.3 is 9.88 Å². The number of nitrogens with one attached hydrogen (secondary N) is 1. The first-order chi connectivity index (χ1) is 8.97. The van der Waals surface area contributed by atoms with Crippen LogP contribution in [0.2, 0.25) is 0 Å². The van der Waals surface area contributed by atoms with E-state index in [1.54, 1.807) is 6.07 Å². The van der Waals surface area contributed by atoms with Crippen molar-refractivity contribution in [2.24, 2.45) is 7.05 Å². The Morgan fingerprint density at radius 1 is 1.11 bits per heavy atom. The number of aromatic nitrogens is 1. The zero-order valence-electron chi connectivity index (χ0n) is 10.5. The average Bonchev–Trinajstić information content (AvgIpc) is 2.75. The summed E-state index contributed by atoms with van der Waals surface area (Å²) < 4.78 is 39.6. The average molecular weight is 268 g/mol. The summed E-state index contributed by atoms with van der Waals surface area (Å²) in [6, 6.07) is 9.29. The van der Waals surface area contributed by atoms with Gasteiger partial charge in [0, 0.05) is 32.0 Å². The number of hydrogen-bond donors (Lipinski definition) is 1. The fourth-order valence-electron chi connectivity index (χ4n) is 1.87. The van der Waals surface area contributed by atoms with Gasteiger partial charge in [0.1, 0.15) is 0 Å². The van der Waals surface area contributed by atoms with E-state index in [2.05, 4.69) is 5.32 Å². The van der Waals surface area contributed by atoms with E-state index >= 15 is 0 Å². The topological polar surface area (TPSA) is 17.0 Å². The molecule has 0 bridgehead atoms. The van der Waals surface area contributed by atoms with Crippen molar-refractivity contribution in [1.82, 2.24) is 9.88 Å². The van der Waals surface area contributed by atoms with Gasteiger partial charge in [-0.2, -0.15) is 13.2 Å². The van der Waals surface area contributed by atoms with Crippen LogP contribution in [0.25, 0.3) is 0 Å². The molecule has 5 heteroatoms. The van der Waals surface area contributed by atoms with E-state index in [1.807, 2.05) is 29.9 Å². The number of nitrogens with zero attached hydrogens (tertiary/aromatic N) is 1. The highest BCUT2D eigenvalue weighted by atomic mass is 19.4. The maximum absolute atomic E-state index is 12.5. The maximum atomic E-state index is 12.5. The summed E-state index contributed by atoms with van der Waals surface area (Å²) >= 11 is 0. The molecule has 0 saturated heterocycles. The number of aryl methyl sites for hydroxylation is 1. The first-order valence-corrected chi connectivity index (χ1v) is 5.94. The van der Waals surface area contributed by atoms with Crippen LogP contribution in [0.5, 0.6) is 0 Å². The minimum Gasteiger partial charge on any atom is -0.353 e. The van der Waals surface area contributed by atoms with Crippen molar-refractivity contribution in [1.29, 1.82) is 0 Å². The molecule has 2 nitrogen and oxygen atoms in total. The van der Waals surface area contributed by atoms with Gasteiger partial charge in [0.2, 0.25) is 0 Å². The van der Waals surface area contributed by atoms with E-state index in [-0.39, 0.29) is 0 Å². The third-order valence-corrected chi connectivity index (χ3v) is 2.94. The minimum atomic E-state index is -4.28. The molecular formula is C14H15F3N2. The van der Waals surface area contributed by atoms with Crippen LogP contribution in [0.1, 0.15) is 16.8 Å². The fraction of sp³-hybridized carbons (Fsp3) is 0.286. The van der Waals surface area contributed by atoms with Crippen molar-refractivity contribution in [3.8, 4) is 0 Å². The molecule has 0 fully saturated rings. The molecule has 1 aromatic heterocycles. The monoisotopic (exact) mass is 268 g/mol. The Labute approximate surface area is 109 Å². The van der Waals surface area contributed by atoms with Crippen molar-refractivity contribution < 1.29 is 13.2 Å². The summed E-state index contributed by atoms with van der Waals surface area (Å²) in [6.07, 6.45) is -2.35. The van der Waals surface area contributed by atoms with Crippen molar-refractivity contribution in [2.45, 2.75) is 19.3 Å². The molecule has 1 N–H and O–H groups in total. The molecule has 2 aromatic rings. The van der Waals surface area contributed by atoms with Crippen LogP contribution in [0.15, 0.2) is 42.6 Å². The summed E-state index contributed by atoms with van der Waals surface area (Å²) in [6.45, 7) is 1.04. The summed E-state index contributed by atoms with van der Waals surface area (Å²) in [4.78, 5) is 0. The van der Waals surface area contributed by atoms with Gasteiger partial charge in [-0.05, 0) is 23.8 Å². The number of rotatable bonds is 4. The van der Waals surface area contributed by atoms with Crippen LogP contribution in [-0.4, -0.2) is 4.57 Å². The van der Waals surface area contributed by atoms with Gasteiger partial charge in [-0.25, -0.2) is 0 Å². The van der Waals surface area contributed by atoms with E-state index in [0.29, 0.717) is 18.7 Å². The maximum Gasteiger partial charge on any atom is 0.416 e. The molecule has 0 spiro atoms. The van der Waals surface area contributed by atoms with Crippen LogP contribution >= 0.6 is 0 Å². The van der Waals surface area contributed by atoms with Gasteiger partial charge >= 0.3 is 6.18 Å². The van der Waals surface area contributed by atoms with Crippen LogP contribution < -0.4 is 5.32 Å². The molecule has 0 aliphatic carbocycles. The summed E-state index contributed by atoms with van der Waals surface area (Å²) in [5, 5.41) is 3.14. The van der Waals surface area contributed by atoms with Crippen LogP contribution in [0, 0.1) is 0 Å². The molecular weight excluding hydrogens is 253 g/mol. The van der Waals surface area contributed by atoms with Crippen molar-refractivity contribution in [3.05, 3.63) is 59.4 Å². The van der Waals surface area contributed by atoms with Crippen LogP contribution in [-0.2, 0) is 26.3 Å². The number of benzene rings is 1. The van der Waals surface area contributed by atoms with E-state index in [4.69, 9.17) is 0 Å². The summed E-state index contributed by atoms with van der Waals surface area (Å²) in [5.74, 6) is 0. The quantitative estimate of drug-likeness (QED) is 0.900. The van der Waals surface area contributed by atoms with Crippen LogP contribution in [0.4, 0.5) is 13.2 Å². The van der Waals surface area contributed by atoms with Gasteiger partial charge in [0.25, 0.3) is 0 Å². The molecule has 102 valence electrons. The molecule has 1 aromatic carbocycles. The number of hydrogen-bond acceptors (Lipinski definition) is 1. The Morgan fingerprint density at radius 2 is 1.89 bits per heavy atom.